The summed E-state index contributed by atoms with van der Waals surface area (Å²) in [7, 11) is 0. The number of carbonyl (C=O) groups is 1. The number of hydrogen-bond donors (Lipinski definition) is 1. The molecule has 1 unspecified atom stereocenters. The summed E-state index contributed by atoms with van der Waals surface area (Å²) < 4.78 is 7.21. The van der Waals surface area contributed by atoms with E-state index in [0.717, 1.165) is 25.5 Å². The van der Waals surface area contributed by atoms with Gasteiger partial charge in [-0.15, -0.1) is 10.2 Å². The SMILES string of the molecule is CCOC(CCN1CCn2cnnc2C1)C(=O)O. The van der Waals surface area contributed by atoms with E-state index in [1.165, 1.54) is 0 Å². The van der Waals surface area contributed by atoms with Crippen molar-refractivity contribution >= 4 is 5.97 Å². The van der Waals surface area contributed by atoms with Gasteiger partial charge in [-0.3, -0.25) is 4.90 Å². The summed E-state index contributed by atoms with van der Waals surface area (Å²) in [6.45, 7) is 5.39. The normalized spacial score (nSPS) is 17.4. The van der Waals surface area contributed by atoms with Crippen LogP contribution in [0.4, 0.5) is 0 Å². The lowest BCUT2D eigenvalue weighted by molar-refractivity contribution is -0.150. The summed E-state index contributed by atoms with van der Waals surface area (Å²) >= 11 is 0. The van der Waals surface area contributed by atoms with Gasteiger partial charge in [-0.1, -0.05) is 0 Å². The molecule has 1 aliphatic rings. The molecule has 7 nitrogen and oxygen atoms in total. The molecule has 0 aromatic carbocycles. The molecule has 1 atom stereocenters. The zero-order chi connectivity index (χ0) is 13.0. The van der Waals surface area contributed by atoms with Gasteiger partial charge in [0.15, 0.2) is 6.10 Å². The topological polar surface area (TPSA) is 80.5 Å². The van der Waals surface area contributed by atoms with E-state index in [1.807, 2.05) is 4.57 Å². The summed E-state index contributed by atoms with van der Waals surface area (Å²) in [5, 5.41) is 16.9. The van der Waals surface area contributed by atoms with Crippen LogP contribution < -0.4 is 0 Å². The Morgan fingerprint density at radius 2 is 2.44 bits per heavy atom. The summed E-state index contributed by atoms with van der Waals surface area (Å²) in [5.41, 5.74) is 0. The predicted octanol–water partition coefficient (Wildman–Crippen LogP) is -0.0265. The predicted molar refractivity (Wildman–Crippen MR) is 63.0 cm³/mol. The molecule has 18 heavy (non-hydrogen) atoms. The molecule has 0 radical (unpaired) electrons. The molecule has 2 rings (SSSR count). The molecule has 0 bridgehead atoms. The van der Waals surface area contributed by atoms with Crippen molar-refractivity contribution in [3.05, 3.63) is 12.2 Å². The van der Waals surface area contributed by atoms with Gasteiger partial charge in [-0.2, -0.15) is 0 Å². The second-order valence-electron chi connectivity index (χ2n) is 4.29. The third kappa shape index (κ3) is 3.05. The van der Waals surface area contributed by atoms with E-state index >= 15 is 0 Å². The highest BCUT2D eigenvalue weighted by Crippen LogP contribution is 2.10. The molecule has 0 saturated carbocycles. The molecule has 1 N–H and O–H groups in total. The Hall–Kier alpha value is -1.47. The maximum atomic E-state index is 10.9. The first-order chi connectivity index (χ1) is 8.70. The molecule has 1 aliphatic heterocycles. The number of aliphatic carboxylic acids is 1. The maximum Gasteiger partial charge on any atom is 0.332 e. The van der Waals surface area contributed by atoms with Crippen molar-refractivity contribution in [1.82, 2.24) is 19.7 Å². The average molecular weight is 254 g/mol. The number of ether oxygens (including phenoxy) is 1. The highest BCUT2D eigenvalue weighted by atomic mass is 16.5. The van der Waals surface area contributed by atoms with Crippen molar-refractivity contribution in [2.45, 2.75) is 32.5 Å². The van der Waals surface area contributed by atoms with Gasteiger partial charge in [0.1, 0.15) is 12.2 Å². The lowest BCUT2D eigenvalue weighted by Crippen LogP contribution is -2.37. The molecule has 100 valence electrons. The lowest BCUT2D eigenvalue weighted by Gasteiger charge is -2.27. The van der Waals surface area contributed by atoms with Crippen LogP contribution >= 0.6 is 0 Å². The molecule has 1 aromatic rings. The lowest BCUT2D eigenvalue weighted by atomic mass is 10.2. The minimum atomic E-state index is -0.892. The number of carboxylic acids is 1. The third-order valence-corrected chi connectivity index (χ3v) is 3.07. The first-order valence-electron chi connectivity index (χ1n) is 6.14. The van der Waals surface area contributed by atoms with Gasteiger partial charge in [0.25, 0.3) is 0 Å². The highest BCUT2D eigenvalue weighted by molar-refractivity contribution is 5.72. The standard InChI is InChI=1S/C11H18N4O3/c1-2-18-9(11(16)17)3-4-14-5-6-15-8-12-13-10(15)7-14/h8-9H,2-7H2,1H3,(H,16,17). The first kappa shape index (κ1) is 13.0. The van der Waals surface area contributed by atoms with Crippen LogP contribution in [0.2, 0.25) is 0 Å². The fraction of sp³-hybridized carbons (Fsp3) is 0.727. The molecule has 0 fully saturated rings. The van der Waals surface area contributed by atoms with Crippen LogP contribution in [0.15, 0.2) is 6.33 Å². The number of hydrogen-bond acceptors (Lipinski definition) is 5. The van der Waals surface area contributed by atoms with Crippen molar-refractivity contribution in [1.29, 1.82) is 0 Å². The Labute approximate surface area is 105 Å². The molecular weight excluding hydrogens is 236 g/mol. The van der Waals surface area contributed by atoms with Gasteiger partial charge >= 0.3 is 5.97 Å². The monoisotopic (exact) mass is 254 g/mol. The first-order valence-corrected chi connectivity index (χ1v) is 6.14. The fourth-order valence-electron chi connectivity index (χ4n) is 2.09. The smallest absolute Gasteiger partial charge is 0.332 e. The van der Waals surface area contributed by atoms with Crippen LogP contribution in [0.1, 0.15) is 19.2 Å². The van der Waals surface area contributed by atoms with Crippen molar-refractivity contribution in [3.8, 4) is 0 Å². The fourth-order valence-corrected chi connectivity index (χ4v) is 2.09. The Morgan fingerprint density at radius 1 is 1.61 bits per heavy atom. The van der Waals surface area contributed by atoms with Crippen LogP contribution in [0.3, 0.4) is 0 Å². The Balaban J connectivity index is 1.82. The largest absolute Gasteiger partial charge is 0.479 e. The number of aromatic nitrogens is 3. The molecule has 2 heterocycles. The molecule has 0 aliphatic carbocycles. The average Bonchev–Trinajstić information content (AvgIpc) is 2.81. The van der Waals surface area contributed by atoms with Crippen LogP contribution in [-0.2, 0) is 22.6 Å². The molecule has 7 heteroatoms. The van der Waals surface area contributed by atoms with E-state index < -0.39 is 12.1 Å². The second-order valence-corrected chi connectivity index (χ2v) is 4.29. The van der Waals surface area contributed by atoms with Crippen LogP contribution in [-0.4, -0.2) is 56.5 Å². The van der Waals surface area contributed by atoms with Gasteiger partial charge in [0, 0.05) is 26.2 Å². The van der Waals surface area contributed by atoms with Gasteiger partial charge in [0.05, 0.1) is 6.54 Å². The van der Waals surface area contributed by atoms with E-state index in [1.54, 1.807) is 13.3 Å². The van der Waals surface area contributed by atoms with Gasteiger partial charge < -0.3 is 14.4 Å². The molecule has 0 saturated heterocycles. The zero-order valence-corrected chi connectivity index (χ0v) is 10.4. The summed E-state index contributed by atoms with van der Waals surface area (Å²) in [4.78, 5) is 13.1. The van der Waals surface area contributed by atoms with Crippen molar-refractivity contribution in [2.75, 3.05) is 19.7 Å². The van der Waals surface area contributed by atoms with Gasteiger partial charge in [-0.05, 0) is 13.3 Å². The Morgan fingerprint density at radius 3 is 3.17 bits per heavy atom. The third-order valence-electron chi connectivity index (χ3n) is 3.07. The Kier molecular flexibility index (Phi) is 4.27. The van der Waals surface area contributed by atoms with Crippen molar-refractivity contribution in [3.63, 3.8) is 0 Å². The summed E-state index contributed by atoms with van der Waals surface area (Å²) in [5.74, 6) is 0.0431. The summed E-state index contributed by atoms with van der Waals surface area (Å²) in [6, 6.07) is 0. The number of fused-ring (bicyclic) bond motifs is 1. The quantitative estimate of drug-likeness (QED) is 0.768. The van der Waals surface area contributed by atoms with Crippen molar-refractivity contribution in [2.24, 2.45) is 0 Å². The molecule has 0 spiro atoms. The highest BCUT2D eigenvalue weighted by Gasteiger charge is 2.21. The molecule has 1 aromatic heterocycles. The van der Waals surface area contributed by atoms with E-state index in [9.17, 15) is 4.79 Å². The van der Waals surface area contributed by atoms with Crippen molar-refractivity contribution < 1.29 is 14.6 Å². The minimum absolute atomic E-state index is 0.422. The number of rotatable bonds is 6. The Bertz CT molecular complexity index is 407. The van der Waals surface area contributed by atoms with Gasteiger partial charge in [0.2, 0.25) is 0 Å². The maximum absolute atomic E-state index is 10.9. The van der Waals surface area contributed by atoms with E-state index in [4.69, 9.17) is 9.84 Å². The second kappa shape index (κ2) is 5.92. The van der Waals surface area contributed by atoms with E-state index in [-0.39, 0.29) is 0 Å². The number of carboxylic acid groups (broad SMARTS) is 1. The minimum Gasteiger partial charge on any atom is -0.479 e. The van der Waals surface area contributed by atoms with Crippen LogP contribution in [0.5, 0.6) is 0 Å². The van der Waals surface area contributed by atoms with E-state index in [0.29, 0.717) is 19.6 Å². The zero-order valence-electron chi connectivity index (χ0n) is 10.4. The molecular formula is C11H18N4O3. The molecule has 0 amide bonds. The van der Waals surface area contributed by atoms with Crippen LogP contribution in [0.25, 0.3) is 0 Å². The van der Waals surface area contributed by atoms with Gasteiger partial charge in [-0.25, -0.2) is 4.79 Å². The van der Waals surface area contributed by atoms with E-state index in [2.05, 4.69) is 15.1 Å². The summed E-state index contributed by atoms with van der Waals surface area (Å²) in [6.07, 6.45) is 1.51. The van der Waals surface area contributed by atoms with Crippen LogP contribution in [0, 0.1) is 0 Å². The number of nitrogens with zero attached hydrogens (tertiary/aromatic N) is 4.